The van der Waals surface area contributed by atoms with Crippen molar-refractivity contribution in [3.63, 3.8) is 0 Å². The second kappa shape index (κ2) is 19.5. The summed E-state index contributed by atoms with van der Waals surface area (Å²) in [7, 11) is 0. The van der Waals surface area contributed by atoms with E-state index in [2.05, 4.69) is 107 Å². The average molecular weight is 922 g/mol. The Kier molecular flexibility index (Phi) is 13.1. The highest BCUT2D eigenvalue weighted by molar-refractivity contribution is 6.02. The highest BCUT2D eigenvalue weighted by Gasteiger charge is 2.51. The molecule has 5 aliphatic rings. The number of rotatable bonds is 13. The van der Waals surface area contributed by atoms with E-state index in [1.807, 2.05) is 72.2 Å². The highest BCUT2D eigenvalue weighted by atomic mass is 16.2. The summed E-state index contributed by atoms with van der Waals surface area (Å²) in [4.78, 5) is 63.6. The summed E-state index contributed by atoms with van der Waals surface area (Å²) in [6, 6.07) is 41.3. The molecule has 9 heteroatoms. The van der Waals surface area contributed by atoms with Crippen LogP contribution < -0.4 is 10.6 Å². The molecule has 10 rings (SSSR count). The van der Waals surface area contributed by atoms with Gasteiger partial charge in [0.2, 0.25) is 11.8 Å². The van der Waals surface area contributed by atoms with E-state index < -0.39 is 11.1 Å². The minimum Gasteiger partial charge on any atom is -0.351 e. The maximum atomic E-state index is 15.3. The van der Waals surface area contributed by atoms with Crippen molar-refractivity contribution in [1.29, 1.82) is 0 Å². The summed E-state index contributed by atoms with van der Waals surface area (Å²) in [5.41, 5.74) is 7.78. The van der Waals surface area contributed by atoms with Crippen LogP contribution in [0.25, 0.3) is 16.8 Å². The van der Waals surface area contributed by atoms with Crippen LogP contribution in [0.4, 0.5) is 0 Å². The standard InChI is InChI=1S/C60H67N5O4/c1-41-25-27-43(28-26-41)39-65-55(66)46-29-30-48(51(34-32-46)44-19-9-5-10-20-44)38-59(65,2)57(68)62-50-33-31-47(36-50)52-37-53-56(67)64(35-15-18-42-16-7-4-8-17-42)60(3,58(69)61-49-23-13-14-24-49)40-63(53)54(52)45-21-11-6-12-22-45/h4-12,16-17,19-22,25-28,32,34,37,47-50H,13-15,18,23-24,29-31,33,35-36,38-40H2,1-3H3,(H,61,69)(H,62,68). The topological polar surface area (TPSA) is 104 Å². The van der Waals surface area contributed by atoms with Crippen molar-refractivity contribution in [2.45, 2.75) is 140 Å². The lowest BCUT2D eigenvalue weighted by molar-refractivity contribution is -0.147. The largest absolute Gasteiger partial charge is 0.351 e. The maximum absolute atomic E-state index is 15.3. The van der Waals surface area contributed by atoms with Gasteiger partial charge >= 0.3 is 0 Å². The van der Waals surface area contributed by atoms with Gasteiger partial charge in [0.1, 0.15) is 16.8 Å². The fourth-order valence-electron chi connectivity index (χ4n) is 12.2. The lowest BCUT2D eigenvalue weighted by Gasteiger charge is -2.45. The molecule has 2 saturated carbocycles. The first-order chi connectivity index (χ1) is 33.5. The summed E-state index contributed by atoms with van der Waals surface area (Å²) in [5.74, 6) is -0.312. The summed E-state index contributed by atoms with van der Waals surface area (Å²) in [5, 5.41) is 6.93. The molecule has 2 bridgehead atoms. The third-order valence-corrected chi connectivity index (χ3v) is 16.3. The minimum atomic E-state index is -1.15. The molecule has 3 heterocycles. The second-order valence-corrected chi connectivity index (χ2v) is 21.0. The predicted molar refractivity (Wildman–Crippen MR) is 273 cm³/mol. The van der Waals surface area contributed by atoms with E-state index >= 15 is 9.59 Å². The number of aromatic nitrogens is 1. The fraction of sp³-hybridized carbons (Fsp3) is 0.400. The molecule has 0 spiro atoms. The average Bonchev–Trinajstić information content (AvgIpc) is 4.12. The first-order valence-electron chi connectivity index (χ1n) is 25.6. The van der Waals surface area contributed by atoms with E-state index in [0.717, 1.165) is 102 Å². The summed E-state index contributed by atoms with van der Waals surface area (Å²) >= 11 is 0. The molecule has 3 aliphatic carbocycles. The zero-order valence-corrected chi connectivity index (χ0v) is 40.6. The van der Waals surface area contributed by atoms with E-state index in [1.54, 1.807) is 0 Å². The van der Waals surface area contributed by atoms with E-state index in [-0.39, 0.29) is 47.5 Å². The van der Waals surface area contributed by atoms with Crippen LogP contribution in [0.15, 0.2) is 139 Å². The van der Waals surface area contributed by atoms with Gasteiger partial charge in [0.15, 0.2) is 0 Å². The Balaban J connectivity index is 0.957. The molecule has 0 radical (unpaired) electrons. The summed E-state index contributed by atoms with van der Waals surface area (Å²) < 4.78 is 2.13. The molecule has 2 aliphatic heterocycles. The van der Waals surface area contributed by atoms with Crippen molar-refractivity contribution in [1.82, 2.24) is 25.0 Å². The zero-order chi connectivity index (χ0) is 47.7. The van der Waals surface area contributed by atoms with Crippen molar-refractivity contribution in [2.24, 2.45) is 5.92 Å². The van der Waals surface area contributed by atoms with E-state index in [0.29, 0.717) is 44.6 Å². The Labute approximate surface area is 408 Å². The molecule has 2 N–H and O–H groups in total. The van der Waals surface area contributed by atoms with Crippen LogP contribution in [0, 0.1) is 12.8 Å². The van der Waals surface area contributed by atoms with Crippen molar-refractivity contribution >= 4 is 29.2 Å². The summed E-state index contributed by atoms with van der Waals surface area (Å²) in [6.07, 6.45) is 14.0. The van der Waals surface area contributed by atoms with Crippen molar-refractivity contribution in [3.8, 4) is 11.3 Å². The van der Waals surface area contributed by atoms with Gasteiger partial charge in [0.25, 0.3) is 11.8 Å². The molecular weight excluding hydrogens is 855 g/mol. The van der Waals surface area contributed by atoms with Crippen LogP contribution in [-0.4, -0.2) is 67.7 Å². The Morgan fingerprint density at radius 3 is 2.01 bits per heavy atom. The zero-order valence-electron chi connectivity index (χ0n) is 40.6. The van der Waals surface area contributed by atoms with Crippen LogP contribution in [0.2, 0.25) is 0 Å². The normalized spacial score (nSPS) is 24.8. The van der Waals surface area contributed by atoms with Crippen LogP contribution in [0.5, 0.6) is 0 Å². The van der Waals surface area contributed by atoms with E-state index in [9.17, 15) is 9.59 Å². The molecule has 5 aromatic rings. The van der Waals surface area contributed by atoms with Gasteiger partial charge in [0.05, 0.1) is 12.2 Å². The Hall–Kier alpha value is -6.48. The number of carbonyl (C=O) groups excluding carboxylic acids is 4. The quantitative estimate of drug-likeness (QED) is 0.123. The number of benzene rings is 4. The molecule has 69 heavy (non-hydrogen) atoms. The molecule has 1 aromatic heterocycles. The maximum Gasteiger partial charge on any atom is 0.271 e. The number of allylic oxidation sites excluding steroid dienone is 3. The van der Waals surface area contributed by atoms with Gasteiger partial charge in [-0.1, -0.05) is 146 Å². The minimum absolute atomic E-state index is 0.0499. The molecule has 5 atom stereocenters. The summed E-state index contributed by atoms with van der Waals surface area (Å²) in [6.45, 7) is 7.13. The predicted octanol–water partition coefficient (Wildman–Crippen LogP) is 10.7. The number of carbonyl (C=O) groups is 4. The number of hydrogen-bond acceptors (Lipinski definition) is 4. The number of likely N-dealkylation sites (tertiary alicyclic amines) is 1. The Bertz CT molecular complexity index is 2760. The third kappa shape index (κ3) is 9.25. The lowest BCUT2D eigenvalue weighted by atomic mass is 9.77. The van der Waals surface area contributed by atoms with Gasteiger partial charge in [-0.25, -0.2) is 0 Å². The van der Waals surface area contributed by atoms with Gasteiger partial charge in [0, 0.05) is 30.7 Å². The third-order valence-electron chi connectivity index (χ3n) is 16.3. The number of amides is 4. The smallest absolute Gasteiger partial charge is 0.271 e. The van der Waals surface area contributed by atoms with Crippen LogP contribution in [-0.2, 0) is 33.9 Å². The molecule has 9 nitrogen and oxygen atoms in total. The van der Waals surface area contributed by atoms with Crippen LogP contribution >= 0.6 is 0 Å². The SMILES string of the molecule is Cc1ccc(CN2C(=O)C3=CC=C(c4ccccc4)C(CC3)CC2(C)C(=O)NC2CCC(c3cc4n(c3-c3ccccc3)CC(C)(C(=O)NC3CCCC3)N(CCCc3ccccc3)C4=O)C2)cc1. The first kappa shape index (κ1) is 46.3. The van der Waals surface area contributed by atoms with Gasteiger partial charge < -0.3 is 25.0 Å². The van der Waals surface area contributed by atoms with Crippen LogP contribution in [0.3, 0.4) is 0 Å². The number of fused-ring (bicyclic) bond motifs is 4. The number of aryl methyl sites for hydroxylation is 2. The molecule has 4 aromatic carbocycles. The Morgan fingerprint density at radius 1 is 0.652 bits per heavy atom. The van der Waals surface area contributed by atoms with Gasteiger partial charge in [-0.15, -0.1) is 0 Å². The van der Waals surface area contributed by atoms with Crippen molar-refractivity contribution < 1.29 is 19.2 Å². The molecular formula is C60H67N5O4. The van der Waals surface area contributed by atoms with Gasteiger partial charge in [-0.3, -0.25) is 19.2 Å². The van der Waals surface area contributed by atoms with Crippen LogP contribution in [0.1, 0.15) is 129 Å². The fourth-order valence-corrected chi connectivity index (χ4v) is 12.2. The highest BCUT2D eigenvalue weighted by Crippen LogP contribution is 2.46. The van der Waals surface area contributed by atoms with E-state index in [1.165, 1.54) is 5.56 Å². The lowest BCUT2D eigenvalue weighted by Crippen LogP contribution is -2.65. The Morgan fingerprint density at radius 2 is 1.30 bits per heavy atom. The molecule has 3 fully saturated rings. The molecule has 5 unspecified atom stereocenters. The molecule has 1 saturated heterocycles. The first-order valence-corrected chi connectivity index (χ1v) is 25.6. The monoisotopic (exact) mass is 922 g/mol. The number of nitrogens with zero attached hydrogens (tertiary/aromatic N) is 3. The van der Waals surface area contributed by atoms with Gasteiger partial charge in [-0.2, -0.15) is 0 Å². The molecule has 356 valence electrons. The number of hydrogen-bond donors (Lipinski definition) is 2. The van der Waals surface area contributed by atoms with Gasteiger partial charge in [-0.05, 0) is 136 Å². The van der Waals surface area contributed by atoms with Crippen molar-refractivity contribution in [2.75, 3.05) is 6.54 Å². The molecule has 4 amide bonds. The van der Waals surface area contributed by atoms with E-state index in [4.69, 9.17) is 0 Å². The second-order valence-electron chi connectivity index (χ2n) is 21.0. The number of nitrogens with one attached hydrogen (secondary N) is 2. The van der Waals surface area contributed by atoms with Crippen molar-refractivity contribution in [3.05, 3.63) is 173 Å².